The first-order chi connectivity index (χ1) is 14.3. The number of aromatic amines is 1. The van der Waals surface area contributed by atoms with Crippen molar-refractivity contribution in [3.8, 4) is 5.75 Å². The van der Waals surface area contributed by atoms with Gasteiger partial charge in [0.2, 0.25) is 10.0 Å². The van der Waals surface area contributed by atoms with Crippen LogP contribution in [-0.4, -0.2) is 54.6 Å². The molecule has 3 rings (SSSR count). The first-order valence-electron chi connectivity index (χ1n) is 10.3. The maximum Gasteiger partial charge on any atom is 0.258 e. The average Bonchev–Trinajstić information content (AvgIpc) is 3.07. The molecule has 1 saturated heterocycles. The van der Waals surface area contributed by atoms with Crippen LogP contribution in [0.25, 0.3) is 0 Å². The summed E-state index contributed by atoms with van der Waals surface area (Å²) >= 11 is 0. The Balaban J connectivity index is 1.47. The molecule has 0 radical (unpaired) electrons. The smallest absolute Gasteiger partial charge is 0.258 e. The molecule has 164 valence electrons. The molecule has 0 atom stereocenters. The fourth-order valence-corrected chi connectivity index (χ4v) is 5.55. The molecular formula is C21H30N4O4S. The van der Waals surface area contributed by atoms with Crippen molar-refractivity contribution in [3.63, 3.8) is 0 Å². The number of benzene rings is 1. The zero-order valence-corrected chi connectivity index (χ0v) is 18.6. The van der Waals surface area contributed by atoms with Crippen molar-refractivity contribution in [1.82, 2.24) is 19.8 Å². The number of rotatable bonds is 8. The summed E-state index contributed by atoms with van der Waals surface area (Å²) in [7, 11) is -3.58. The monoisotopic (exact) mass is 434 g/mol. The molecule has 1 fully saturated rings. The summed E-state index contributed by atoms with van der Waals surface area (Å²) in [6, 6.07) is 7.71. The Labute approximate surface area is 178 Å². The molecule has 0 bridgehead atoms. The minimum Gasteiger partial charge on any atom is -0.484 e. The number of hydrogen-bond acceptors (Lipinski definition) is 5. The van der Waals surface area contributed by atoms with Gasteiger partial charge in [-0.05, 0) is 50.8 Å². The number of nitrogens with zero attached hydrogens (tertiary/aromatic N) is 2. The quantitative estimate of drug-likeness (QED) is 0.664. The van der Waals surface area contributed by atoms with Crippen LogP contribution in [0.3, 0.4) is 0 Å². The molecule has 0 spiro atoms. The lowest BCUT2D eigenvalue weighted by atomic mass is 10.1. The van der Waals surface area contributed by atoms with Crippen molar-refractivity contribution >= 4 is 15.9 Å². The van der Waals surface area contributed by atoms with Gasteiger partial charge in [-0.3, -0.25) is 9.89 Å². The summed E-state index contributed by atoms with van der Waals surface area (Å²) in [4.78, 5) is 12.5. The van der Waals surface area contributed by atoms with Crippen LogP contribution in [0.4, 0.5) is 0 Å². The van der Waals surface area contributed by atoms with E-state index in [1.807, 2.05) is 24.3 Å². The van der Waals surface area contributed by atoms with E-state index < -0.39 is 10.0 Å². The average molecular weight is 435 g/mol. The second-order valence-corrected chi connectivity index (χ2v) is 9.57. The van der Waals surface area contributed by atoms with Gasteiger partial charge < -0.3 is 10.1 Å². The van der Waals surface area contributed by atoms with E-state index in [2.05, 4.69) is 22.4 Å². The summed E-state index contributed by atoms with van der Waals surface area (Å²) in [5.41, 5.74) is 2.27. The summed E-state index contributed by atoms with van der Waals surface area (Å²) in [6.45, 7) is 6.18. The number of aryl methyl sites for hydroxylation is 3. The first-order valence-corrected chi connectivity index (χ1v) is 11.8. The van der Waals surface area contributed by atoms with E-state index in [4.69, 9.17) is 4.74 Å². The molecule has 0 unspecified atom stereocenters. The normalized spacial score (nSPS) is 15.8. The highest BCUT2D eigenvalue weighted by atomic mass is 32.2. The number of carbonyl (C=O) groups excluding carboxylic acids is 1. The lowest BCUT2D eigenvalue weighted by molar-refractivity contribution is -0.124. The van der Waals surface area contributed by atoms with Crippen LogP contribution in [0, 0.1) is 13.8 Å². The zero-order valence-electron chi connectivity index (χ0n) is 17.8. The highest BCUT2D eigenvalue weighted by molar-refractivity contribution is 7.89. The summed E-state index contributed by atoms with van der Waals surface area (Å²) in [6.07, 6.45) is 3.23. The Morgan fingerprint density at radius 2 is 1.90 bits per heavy atom. The second kappa shape index (κ2) is 9.61. The van der Waals surface area contributed by atoms with Crippen molar-refractivity contribution in [2.24, 2.45) is 0 Å². The molecule has 1 amide bonds. The maximum atomic E-state index is 12.9. The van der Waals surface area contributed by atoms with Crippen LogP contribution in [0.5, 0.6) is 5.75 Å². The number of H-pyrrole nitrogens is 1. The predicted octanol–water partition coefficient (Wildman–Crippen LogP) is 2.33. The molecule has 0 saturated carbocycles. The van der Waals surface area contributed by atoms with E-state index >= 15 is 0 Å². The van der Waals surface area contributed by atoms with Crippen LogP contribution in [0.2, 0.25) is 0 Å². The van der Waals surface area contributed by atoms with Gasteiger partial charge in [0.1, 0.15) is 10.6 Å². The molecule has 1 aliphatic rings. The first kappa shape index (κ1) is 22.3. The summed E-state index contributed by atoms with van der Waals surface area (Å²) < 4.78 is 32.8. The fraction of sp³-hybridized carbons (Fsp3) is 0.524. The fourth-order valence-electron chi connectivity index (χ4n) is 3.75. The lowest BCUT2D eigenvalue weighted by Gasteiger charge is -2.31. The minimum atomic E-state index is -3.58. The molecule has 2 heterocycles. The van der Waals surface area contributed by atoms with Gasteiger partial charge in [0.25, 0.3) is 5.91 Å². The number of amides is 1. The minimum absolute atomic E-state index is 0.0565. The van der Waals surface area contributed by atoms with E-state index in [0.29, 0.717) is 43.1 Å². The van der Waals surface area contributed by atoms with E-state index in [1.165, 1.54) is 9.87 Å². The van der Waals surface area contributed by atoms with Gasteiger partial charge in [-0.15, -0.1) is 0 Å². The molecule has 30 heavy (non-hydrogen) atoms. The van der Waals surface area contributed by atoms with Crippen LogP contribution >= 0.6 is 0 Å². The molecule has 9 heteroatoms. The SMILES string of the molecule is CCCc1ccc(OCC(=O)NC2CCN(S(=O)(=O)c3c(C)n[nH]c3C)CC2)cc1. The van der Waals surface area contributed by atoms with Crippen LogP contribution in [0.1, 0.15) is 43.1 Å². The molecule has 2 aromatic rings. The Morgan fingerprint density at radius 3 is 2.47 bits per heavy atom. The Morgan fingerprint density at radius 1 is 1.23 bits per heavy atom. The van der Waals surface area contributed by atoms with E-state index in [0.717, 1.165) is 12.8 Å². The lowest BCUT2D eigenvalue weighted by Crippen LogP contribution is -2.47. The van der Waals surface area contributed by atoms with Gasteiger partial charge in [0, 0.05) is 19.1 Å². The van der Waals surface area contributed by atoms with Gasteiger partial charge >= 0.3 is 0 Å². The number of carbonyl (C=O) groups is 1. The van der Waals surface area contributed by atoms with Gasteiger partial charge in [0.15, 0.2) is 6.61 Å². The molecule has 1 aromatic carbocycles. The Hall–Kier alpha value is -2.39. The van der Waals surface area contributed by atoms with Crippen molar-refractivity contribution in [2.45, 2.75) is 57.4 Å². The molecule has 0 aliphatic carbocycles. The van der Waals surface area contributed by atoms with Crippen LogP contribution < -0.4 is 10.1 Å². The number of nitrogens with one attached hydrogen (secondary N) is 2. The number of sulfonamides is 1. The van der Waals surface area contributed by atoms with Crippen molar-refractivity contribution < 1.29 is 17.9 Å². The Bertz CT molecular complexity index is 942. The second-order valence-electron chi connectivity index (χ2n) is 7.69. The maximum absolute atomic E-state index is 12.9. The van der Waals surface area contributed by atoms with E-state index in [1.54, 1.807) is 13.8 Å². The predicted molar refractivity (Wildman–Crippen MR) is 114 cm³/mol. The van der Waals surface area contributed by atoms with Gasteiger partial charge in [0.05, 0.1) is 11.4 Å². The largest absolute Gasteiger partial charge is 0.484 e. The van der Waals surface area contributed by atoms with Crippen molar-refractivity contribution in [2.75, 3.05) is 19.7 Å². The third-order valence-electron chi connectivity index (χ3n) is 5.31. The number of ether oxygens (including phenoxy) is 1. The summed E-state index contributed by atoms with van der Waals surface area (Å²) in [5.74, 6) is 0.465. The van der Waals surface area contributed by atoms with E-state index in [9.17, 15) is 13.2 Å². The highest BCUT2D eigenvalue weighted by Gasteiger charge is 2.33. The van der Waals surface area contributed by atoms with Gasteiger partial charge in [-0.1, -0.05) is 25.5 Å². The van der Waals surface area contributed by atoms with E-state index in [-0.39, 0.29) is 23.5 Å². The van der Waals surface area contributed by atoms with Gasteiger partial charge in [-0.25, -0.2) is 8.42 Å². The Kier molecular flexibility index (Phi) is 7.14. The highest BCUT2D eigenvalue weighted by Crippen LogP contribution is 2.24. The van der Waals surface area contributed by atoms with Crippen molar-refractivity contribution in [1.29, 1.82) is 0 Å². The molecule has 8 nitrogen and oxygen atoms in total. The topological polar surface area (TPSA) is 104 Å². The van der Waals surface area contributed by atoms with Crippen LogP contribution in [-0.2, 0) is 21.2 Å². The molecule has 1 aromatic heterocycles. The van der Waals surface area contributed by atoms with Crippen molar-refractivity contribution in [3.05, 3.63) is 41.2 Å². The zero-order chi connectivity index (χ0) is 21.7. The number of hydrogen-bond donors (Lipinski definition) is 2. The molecular weight excluding hydrogens is 404 g/mol. The molecule has 2 N–H and O–H groups in total. The third-order valence-corrected chi connectivity index (χ3v) is 7.47. The van der Waals surface area contributed by atoms with Gasteiger partial charge in [-0.2, -0.15) is 9.40 Å². The standard InChI is InChI=1S/C21H30N4O4S/c1-4-5-17-6-8-19(9-7-17)29-14-20(26)22-18-10-12-25(13-11-18)30(27,28)21-15(2)23-24-16(21)3/h6-9,18H,4-5,10-14H2,1-3H3,(H,22,26)(H,23,24). The number of aromatic nitrogens is 2. The molecule has 1 aliphatic heterocycles. The van der Waals surface area contributed by atoms with Crippen LogP contribution in [0.15, 0.2) is 29.2 Å². The number of piperidine rings is 1. The third kappa shape index (κ3) is 5.20. The summed E-state index contributed by atoms with van der Waals surface area (Å²) in [5, 5.41) is 9.66.